The molecular weight excluding hydrogens is 278 g/mol. The van der Waals surface area contributed by atoms with Crippen molar-refractivity contribution in [1.82, 2.24) is 25.2 Å². The first-order chi connectivity index (χ1) is 9.94. The molecule has 1 aliphatic carbocycles. The number of carboxylic acid groups (broad SMARTS) is 1. The fourth-order valence-corrected chi connectivity index (χ4v) is 2.26. The van der Waals surface area contributed by atoms with Crippen LogP contribution in [0.4, 0.5) is 4.79 Å². The van der Waals surface area contributed by atoms with E-state index < -0.39 is 5.97 Å². The second-order valence-electron chi connectivity index (χ2n) is 5.33. The van der Waals surface area contributed by atoms with Gasteiger partial charge in [0.05, 0.1) is 18.8 Å². The van der Waals surface area contributed by atoms with Gasteiger partial charge in [0.1, 0.15) is 12.2 Å². The molecule has 0 aliphatic heterocycles. The van der Waals surface area contributed by atoms with Crippen molar-refractivity contribution in [3.8, 4) is 0 Å². The highest BCUT2D eigenvalue weighted by atomic mass is 16.4. The Labute approximate surface area is 121 Å². The number of hydrogen-bond donors (Lipinski definition) is 3. The van der Waals surface area contributed by atoms with Gasteiger partial charge in [-0.1, -0.05) is 5.21 Å². The van der Waals surface area contributed by atoms with E-state index in [9.17, 15) is 14.7 Å². The van der Waals surface area contributed by atoms with Crippen LogP contribution in [0.5, 0.6) is 0 Å². The normalized spacial score (nSPS) is 20.7. The van der Waals surface area contributed by atoms with Crippen LogP contribution in [0.15, 0.2) is 6.20 Å². The quantitative estimate of drug-likeness (QED) is 0.637. The summed E-state index contributed by atoms with van der Waals surface area (Å²) in [5, 5.41) is 27.9. The Morgan fingerprint density at radius 2 is 2.24 bits per heavy atom. The van der Waals surface area contributed by atoms with Crippen LogP contribution in [-0.4, -0.2) is 61.8 Å². The maximum atomic E-state index is 11.9. The minimum Gasteiger partial charge on any atom is -0.480 e. The zero-order valence-electron chi connectivity index (χ0n) is 11.8. The minimum atomic E-state index is -1.00. The molecule has 1 aromatic rings. The van der Waals surface area contributed by atoms with Gasteiger partial charge in [0.2, 0.25) is 0 Å². The third kappa shape index (κ3) is 4.42. The highest BCUT2D eigenvalue weighted by Gasteiger charge is 2.29. The molecule has 0 atom stereocenters. The smallest absolute Gasteiger partial charge is 0.325 e. The largest absolute Gasteiger partial charge is 0.480 e. The van der Waals surface area contributed by atoms with Crippen LogP contribution < -0.4 is 5.32 Å². The molecule has 1 saturated carbocycles. The number of nitrogens with zero attached hydrogens (tertiary/aromatic N) is 4. The molecule has 0 unspecified atom stereocenters. The van der Waals surface area contributed by atoms with Gasteiger partial charge in [-0.15, -0.1) is 5.10 Å². The molecule has 0 aromatic carbocycles. The van der Waals surface area contributed by atoms with Gasteiger partial charge >= 0.3 is 12.0 Å². The van der Waals surface area contributed by atoms with Gasteiger partial charge in [-0.3, -0.25) is 4.79 Å². The Kier molecular flexibility index (Phi) is 4.73. The molecule has 9 heteroatoms. The van der Waals surface area contributed by atoms with E-state index in [1.807, 2.05) is 0 Å². The van der Waals surface area contributed by atoms with Gasteiger partial charge < -0.3 is 20.4 Å². The number of carbonyl (C=O) groups is 2. The second-order valence-corrected chi connectivity index (χ2v) is 5.33. The highest BCUT2D eigenvalue weighted by Crippen LogP contribution is 2.27. The second kappa shape index (κ2) is 6.53. The number of carboxylic acids is 1. The van der Waals surface area contributed by atoms with E-state index in [1.165, 1.54) is 10.9 Å². The molecule has 116 valence electrons. The molecule has 1 aliphatic rings. The fraction of sp³-hybridized carbons (Fsp3) is 0.667. The Balaban J connectivity index is 1.72. The Hall–Kier alpha value is -2.16. The molecule has 1 fully saturated rings. The number of nitrogens with one attached hydrogen (secondary N) is 1. The van der Waals surface area contributed by atoms with Crippen LogP contribution in [0, 0.1) is 5.92 Å². The minimum absolute atomic E-state index is 0.191. The summed E-state index contributed by atoms with van der Waals surface area (Å²) in [7, 11) is 1.70. The van der Waals surface area contributed by atoms with E-state index in [4.69, 9.17) is 5.11 Å². The van der Waals surface area contributed by atoms with E-state index in [2.05, 4.69) is 15.6 Å². The summed E-state index contributed by atoms with van der Waals surface area (Å²) in [6.07, 6.45) is 2.73. The number of amides is 2. The number of hydrogen-bond acceptors (Lipinski definition) is 5. The van der Waals surface area contributed by atoms with Gasteiger partial charge in [-0.25, -0.2) is 9.48 Å². The van der Waals surface area contributed by atoms with Crippen molar-refractivity contribution in [2.24, 2.45) is 5.92 Å². The molecule has 9 nitrogen and oxygen atoms in total. The van der Waals surface area contributed by atoms with Crippen molar-refractivity contribution < 1.29 is 19.8 Å². The van der Waals surface area contributed by atoms with Crippen LogP contribution in [0.25, 0.3) is 0 Å². The van der Waals surface area contributed by atoms with E-state index in [0.717, 1.165) is 12.8 Å². The van der Waals surface area contributed by atoms with Crippen molar-refractivity contribution >= 4 is 12.0 Å². The molecule has 2 rings (SSSR count). The van der Waals surface area contributed by atoms with Crippen LogP contribution >= 0.6 is 0 Å². The third-order valence-corrected chi connectivity index (χ3v) is 3.39. The van der Waals surface area contributed by atoms with Crippen molar-refractivity contribution in [2.45, 2.75) is 32.0 Å². The van der Waals surface area contributed by atoms with E-state index >= 15 is 0 Å². The maximum absolute atomic E-state index is 11.9. The van der Waals surface area contributed by atoms with Gasteiger partial charge in [-0.2, -0.15) is 0 Å². The summed E-state index contributed by atoms with van der Waals surface area (Å²) >= 11 is 0. The summed E-state index contributed by atoms with van der Waals surface area (Å²) in [5.41, 5.74) is 0.497. The number of urea groups is 1. The number of rotatable bonds is 6. The molecular formula is C12H19N5O4. The zero-order valence-corrected chi connectivity index (χ0v) is 11.8. The maximum Gasteiger partial charge on any atom is 0.325 e. The van der Waals surface area contributed by atoms with Crippen LogP contribution in [0.3, 0.4) is 0 Å². The summed E-state index contributed by atoms with van der Waals surface area (Å²) < 4.78 is 1.20. The molecule has 1 heterocycles. The Morgan fingerprint density at radius 1 is 1.52 bits per heavy atom. The number of aromatic nitrogens is 3. The van der Waals surface area contributed by atoms with Gasteiger partial charge in [0, 0.05) is 13.6 Å². The van der Waals surface area contributed by atoms with Crippen LogP contribution in [0.2, 0.25) is 0 Å². The first-order valence-corrected chi connectivity index (χ1v) is 6.72. The predicted octanol–water partition coefficient (Wildman–Crippen LogP) is -0.725. The van der Waals surface area contributed by atoms with Crippen molar-refractivity contribution in [3.05, 3.63) is 11.9 Å². The summed E-state index contributed by atoms with van der Waals surface area (Å²) in [6, 6.07) is -0.232. The van der Waals surface area contributed by atoms with E-state index in [0.29, 0.717) is 18.2 Å². The van der Waals surface area contributed by atoms with Gasteiger partial charge in [0.15, 0.2) is 0 Å². The zero-order chi connectivity index (χ0) is 15.4. The first kappa shape index (κ1) is 15.2. The topological polar surface area (TPSA) is 121 Å². The summed E-state index contributed by atoms with van der Waals surface area (Å²) in [5.74, 6) is -0.648. The van der Waals surface area contributed by atoms with E-state index in [1.54, 1.807) is 11.9 Å². The average molecular weight is 297 g/mol. The van der Waals surface area contributed by atoms with E-state index in [-0.39, 0.29) is 25.2 Å². The summed E-state index contributed by atoms with van der Waals surface area (Å²) in [6.45, 7) is 0.537. The molecule has 0 bridgehead atoms. The lowest BCUT2D eigenvalue weighted by Gasteiger charge is -2.34. The molecule has 0 spiro atoms. The molecule has 0 saturated heterocycles. The Bertz CT molecular complexity index is 512. The third-order valence-electron chi connectivity index (χ3n) is 3.39. The monoisotopic (exact) mass is 297 g/mol. The highest BCUT2D eigenvalue weighted by molar-refractivity contribution is 5.73. The van der Waals surface area contributed by atoms with Crippen LogP contribution in [-0.2, 0) is 17.9 Å². The van der Waals surface area contributed by atoms with Gasteiger partial charge in [-0.05, 0) is 18.8 Å². The lowest BCUT2D eigenvalue weighted by Crippen LogP contribution is -2.43. The molecule has 1 aromatic heterocycles. The number of carbonyl (C=O) groups excluding carboxylic acids is 1. The van der Waals surface area contributed by atoms with Crippen molar-refractivity contribution in [2.75, 3.05) is 13.6 Å². The molecule has 0 radical (unpaired) electrons. The molecule has 21 heavy (non-hydrogen) atoms. The standard InChI is InChI=1S/C12H19N5O4/c1-16(5-8-2-10(18)3-8)12(21)13-4-9-6-17(15-14-9)7-11(19)20/h6,8,10,18H,2-5,7H2,1H3,(H,13,21)(H,19,20). The van der Waals surface area contributed by atoms with Crippen LogP contribution in [0.1, 0.15) is 18.5 Å². The summed E-state index contributed by atoms with van der Waals surface area (Å²) in [4.78, 5) is 23.9. The lowest BCUT2D eigenvalue weighted by atomic mass is 9.82. The average Bonchev–Trinajstić information content (AvgIpc) is 2.80. The fourth-order valence-electron chi connectivity index (χ4n) is 2.26. The first-order valence-electron chi connectivity index (χ1n) is 6.72. The van der Waals surface area contributed by atoms with Gasteiger partial charge in [0.25, 0.3) is 0 Å². The molecule has 2 amide bonds. The number of aliphatic hydroxyl groups is 1. The Morgan fingerprint density at radius 3 is 2.86 bits per heavy atom. The number of aliphatic carboxylic acids is 1. The SMILES string of the molecule is CN(CC1CC(O)C1)C(=O)NCc1cn(CC(=O)O)nn1. The lowest BCUT2D eigenvalue weighted by molar-refractivity contribution is -0.137. The molecule has 3 N–H and O–H groups in total. The predicted molar refractivity (Wildman–Crippen MR) is 71.3 cm³/mol. The number of aliphatic hydroxyl groups excluding tert-OH is 1. The van der Waals surface area contributed by atoms with Crippen molar-refractivity contribution in [1.29, 1.82) is 0 Å². The van der Waals surface area contributed by atoms with Crippen molar-refractivity contribution in [3.63, 3.8) is 0 Å².